The predicted molar refractivity (Wildman–Crippen MR) is 117 cm³/mol. The van der Waals surface area contributed by atoms with Gasteiger partial charge in [0, 0.05) is 30.2 Å². The van der Waals surface area contributed by atoms with Crippen LogP contribution in [0.1, 0.15) is 18.4 Å². The van der Waals surface area contributed by atoms with Gasteiger partial charge in [0.15, 0.2) is 15.7 Å². The summed E-state index contributed by atoms with van der Waals surface area (Å²) in [5.74, 6) is -0.257. The lowest BCUT2D eigenvalue weighted by atomic mass is 10.1. The molecular weight excluding hydrogens is 476 g/mol. The molecule has 34 heavy (non-hydrogen) atoms. The zero-order valence-corrected chi connectivity index (χ0v) is 18.3. The standard InChI is InChI=1S/C22H18F4N4O3S/c23-12-1-2-18-15(9-12)21(30-29-18)28-17-3-6-27-19-11-16(22(24,25)26)20(10-14(17)19)34(31,32)13-4-7-33-8-5-13/h1-3,6,9-11,13H,4-5,7-8H2,(H2,27,28,29,30). The Labute approximate surface area is 191 Å². The van der Waals surface area contributed by atoms with E-state index in [0.717, 1.165) is 12.1 Å². The molecule has 12 heteroatoms. The van der Waals surface area contributed by atoms with Gasteiger partial charge in [0.2, 0.25) is 0 Å². The number of anilines is 2. The van der Waals surface area contributed by atoms with Gasteiger partial charge in [-0.2, -0.15) is 18.3 Å². The maximum absolute atomic E-state index is 13.9. The first kappa shape index (κ1) is 22.5. The summed E-state index contributed by atoms with van der Waals surface area (Å²) in [6.45, 7) is 0.325. The molecule has 0 unspecified atom stereocenters. The number of aromatic nitrogens is 3. The van der Waals surface area contributed by atoms with Crippen molar-refractivity contribution in [3.63, 3.8) is 0 Å². The van der Waals surface area contributed by atoms with Crippen LogP contribution in [0, 0.1) is 5.82 Å². The number of H-pyrrole nitrogens is 1. The van der Waals surface area contributed by atoms with Crippen LogP contribution in [-0.4, -0.2) is 42.1 Å². The summed E-state index contributed by atoms with van der Waals surface area (Å²) in [5, 5.41) is 9.42. The third-order valence-corrected chi connectivity index (χ3v) is 8.14. The van der Waals surface area contributed by atoms with Gasteiger partial charge in [-0.15, -0.1) is 0 Å². The van der Waals surface area contributed by atoms with Gasteiger partial charge in [0.1, 0.15) is 5.82 Å². The van der Waals surface area contributed by atoms with Crippen molar-refractivity contribution >= 4 is 43.1 Å². The minimum Gasteiger partial charge on any atom is -0.381 e. The van der Waals surface area contributed by atoms with Crippen LogP contribution in [0.3, 0.4) is 0 Å². The summed E-state index contributed by atoms with van der Waals surface area (Å²) in [7, 11) is -4.31. The van der Waals surface area contributed by atoms with Crippen molar-refractivity contribution in [3.05, 3.63) is 54.0 Å². The summed E-state index contributed by atoms with van der Waals surface area (Å²) in [6, 6.07) is 7.26. The Morgan fingerprint density at radius 3 is 2.56 bits per heavy atom. The molecule has 0 amide bonds. The lowest BCUT2D eigenvalue weighted by Crippen LogP contribution is -2.30. The number of hydrogen-bond acceptors (Lipinski definition) is 6. The topological polar surface area (TPSA) is 97.0 Å². The predicted octanol–water partition coefficient (Wildman–Crippen LogP) is 4.97. The Hall–Kier alpha value is -3.25. The third-order valence-electron chi connectivity index (χ3n) is 5.84. The first-order chi connectivity index (χ1) is 16.1. The third kappa shape index (κ3) is 3.96. The van der Waals surface area contributed by atoms with Gasteiger partial charge in [-0.25, -0.2) is 12.8 Å². The molecule has 1 saturated heterocycles. The maximum atomic E-state index is 13.9. The summed E-state index contributed by atoms with van der Waals surface area (Å²) < 4.78 is 87.2. The first-order valence-corrected chi connectivity index (χ1v) is 11.9. The second-order valence-electron chi connectivity index (χ2n) is 7.97. The van der Waals surface area contributed by atoms with Crippen molar-refractivity contribution in [2.24, 2.45) is 0 Å². The zero-order valence-electron chi connectivity index (χ0n) is 17.5. The lowest BCUT2D eigenvalue weighted by Gasteiger charge is -2.24. The molecule has 7 nitrogen and oxygen atoms in total. The normalized spacial score (nSPS) is 15.8. The molecule has 3 heterocycles. The van der Waals surface area contributed by atoms with Gasteiger partial charge >= 0.3 is 6.18 Å². The Morgan fingerprint density at radius 2 is 1.82 bits per heavy atom. The Balaban J connectivity index is 1.67. The SMILES string of the molecule is O=S(=O)(c1cc2c(Nc3n[nH]c4ccc(F)cc34)ccnc2cc1C(F)(F)F)C1CCOCC1. The fourth-order valence-electron chi connectivity index (χ4n) is 4.11. The number of aromatic amines is 1. The molecule has 4 aromatic rings. The van der Waals surface area contributed by atoms with E-state index < -0.39 is 37.5 Å². The molecule has 178 valence electrons. The van der Waals surface area contributed by atoms with Crippen molar-refractivity contribution in [2.45, 2.75) is 29.2 Å². The number of fused-ring (bicyclic) bond motifs is 2. The van der Waals surface area contributed by atoms with Crippen molar-refractivity contribution in [1.82, 2.24) is 15.2 Å². The van der Waals surface area contributed by atoms with Crippen molar-refractivity contribution in [2.75, 3.05) is 18.5 Å². The van der Waals surface area contributed by atoms with E-state index in [-0.39, 0.29) is 48.5 Å². The largest absolute Gasteiger partial charge is 0.417 e. The highest BCUT2D eigenvalue weighted by Gasteiger charge is 2.41. The molecule has 2 N–H and O–H groups in total. The second kappa shape index (κ2) is 8.20. The van der Waals surface area contributed by atoms with Crippen LogP contribution in [0.4, 0.5) is 29.1 Å². The molecule has 1 fully saturated rings. The van der Waals surface area contributed by atoms with Crippen LogP contribution < -0.4 is 5.32 Å². The monoisotopic (exact) mass is 494 g/mol. The molecule has 0 radical (unpaired) electrons. The number of nitrogens with zero attached hydrogens (tertiary/aromatic N) is 2. The number of benzene rings is 2. The molecule has 0 bridgehead atoms. The fourth-order valence-corrected chi connectivity index (χ4v) is 6.05. The van der Waals surface area contributed by atoms with Gasteiger partial charge in [0.05, 0.1) is 32.4 Å². The Kier molecular flexibility index (Phi) is 5.44. The van der Waals surface area contributed by atoms with Gasteiger partial charge in [-0.05, 0) is 49.2 Å². The zero-order chi connectivity index (χ0) is 24.1. The second-order valence-corrected chi connectivity index (χ2v) is 10.2. The molecule has 0 aliphatic carbocycles. The number of pyridine rings is 1. The van der Waals surface area contributed by atoms with Crippen LogP contribution in [0.2, 0.25) is 0 Å². The Morgan fingerprint density at radius 1 is 1.06 bits per heavy atom. The van der Waals surface area contributed by atoms with E-state index in [1.807, 2.05) is 0 Å². The van der Waals surface area contributed by atoms with Gasteiger partial charge in [0.25, 0.3) is 0 Å². The first-order valence-electron chi connectivity index (χ1n) is 10.4. The summed E-state index contributed by atoms with van der Waals surface area (Å²) in [6.07, 6.45) is -3.38. The average molecular weight is 494 g/mol. The van der Waals surface area contributed by atoms with E-state index in [0.29, 0.717) is 10.9 Å². The van der Waals surface area contributed by atoms with E-state index in [1.54, 1.807) is 0 Å². The van der Waals surface area contributed by atoms with Crippen LogP contribution in [-0.2, 0) is 20.8 Å². The molecule has 2 aromatic heterocycles. The van der Waals surface area contributed by atoms with Crippen LogP contribution in [0.25, 0.3) is 21.8 Å². The number of alkyl halides is 3. The number of rotatable bonds is 4. The van der Waals surface area contributed by atoms with Crippen LogP contribution >= 0.6 is 0 Å². The van der Waals surface area contributed by atoms with E-state index in [9.17, 15) is 26.0 Å². The fraction of sp³-hybridized carbons (Fsp3) is 0.273. The Bertz CT molecular complexity index is 1500. The molecule has 1 aliphatic rings. The number of ether oxygens (including phenoxy) is 1. The van der Waals surface area contributed by atoms with Crippen LogP contribution in [0.5, 0.6) is 0 Å². The molecule has 5 rings (SSSR count). The molecule has 1 aliphatic heterocycles. The lowest BCUT2D eigenvalue weighted by molar-refractivity contribution is -0.139. The van der Waals surface area contributed by atoms with E-state index in [1.165, 1.54) is 30.5 Å². The average Bonchev–Trinajstić information content (AvgIpc) is 3.20. The van der Waals surface area contributed by atoms with Gasteiger partial charge in [-0.1, -0.05) is 0 Å². The van der Waals surface area contributed by atoms with Crippen LogP contribution in [0.15, 0.2) is 47.5 Å². The molecule has 0 saturated carbocycles. The highest BCUT2D eigenvalue weighted by Crippen LogP contribution is 2.40. The van der Waals surface area contributed by atoms with Crippen molar-refractivity contribution < 1.29 is 30.7 Å². The highest BCUT2D eigenvalue weighted by atomic mass is 32.2. The summed E-state index contributed by atoms with van der Waals surface area (Å²) in [5.41, 5.74) is -0.484. The maximum Gasteiger partial charge on any atom is 0.417 e. The van der Waals surface area contributed by atoms with E-state index in [2.05, 4.69) is 20.5 Å². The van der Waals surface area contributed by atoms with Crippen molar-refractivity contribution in [3.8, 4) is 0 Å². The van der Waals surface area contributed by atoms with Gasteiger partial charge < -0.3 is 10.1 Å². The molecular formula is C22H18F4N4O3S. The van der Waals surface area contributed by atoms with Gasteiger partial charge in [-0.3, -0.25) is 10.1 Å². The molecule has 2 aromatic carbocycles. The summed E-state index contributed by atoms with van der Waals surface area (Å²) >= 11 is 0. The number of nitrogens with one attached hydrogen (secondary N) is 2. The van der Waals surface area contributed by atoms with E-state index >= 15 is 0 Å². The number of sulfone groups is 1. The van der Waals surface area contributed by atoms with Crippen molar-refractivity contribution in [1.29, 1.82) is 0 Å². The number of hydrogen-bond donors (Lipinski definition) is 2. The minimum atomic E-state index is -4.90. The molecule has 0 atom stereocenters. The number of halogens is 4. The smallest absolute Gasteiger partial charge is 0.381 e. The quantitative estimate of drug-likeness (QED) is 0.389. The van der Waals surface area contributed by atoms with E-state index in [4.69, 9.17) is 4.74 Å². The highest BCUT2D eigenvalue weighted by molar-refractivity contribution is 7.92. The minimum absolute atomic E-state index is 0.0470. The summed E-state index contributed by atoms with van der Waals surface area (Å²) in [4.78, 5) is 3.22. The molecule has 0 spiro atoms.